The average Bonchev–Trinajstić information content (AvgIpc) is 2.41. The van der Waals surface area contributed by atoms with Gasteiger partial charge in [0.1, 0.15) is 5.75 Å². The summed E-state index contributed by atoms with van der Waals surface area (Å²) >= 11 is 6.46. The van der Waals surface area contributed by atoms with Crippen LogP contribution in [0.3, 0.4) is 0 Å². The first kappa shape index (κ1) is 15.7. The molecule has 20 heavy (non-hydrogen) atoms. The van der Waals surface area contributed by atoms with Gasteiger partial charge in [-0.05, 0) is 42.9 Å². The minimum absolute atomic E-state index is 0.289. The molecule has 1 aromatic carbocycles. The van der Waals surface area contributed by atoms with Crippen molar-refractivity contribution in [3.8, 4) is 5.75 Å². The Morgan fingerprint density at radius 3 is 2.35 bits per heavy atom. The average molecular weight is 296 g/mol. The van der Waals surface area contributed by atoms with Gasteiger partial charge in [0.25, 0.3) is 0 Å². The molecule has 0 bridgehead atoms. The van der Waals surface area contributed by atoms with Crippen molar-refractivity contribution in [1.82, 2.24) is 0 Å². The molecule has 0 heterocycles. The van der Waals surface area contributed by atoms with Gasteiger partial charge in [0.2, 0.25) is 0 Å². The number of benzene rings is 1. The largest absolute Gasteiger partial charge is 0.496 e. The summed E-state index contributed by atoms with van der Waals surface area (Å²) in [4.78, 5) is 0. The Hall–Kier alpha value is -0.730. The summed E-state index contributed by atoms with van der Waals surface area (Å²) in [6, 6.07) is 2.04. The molecule has 2 rings (SSSR count). The zero-order valence-corrected chi connectivity index (χ0v) is 13.8. The SMILES string of the molecule is COc1c(C(C)C)cc(Cl)c(C)c1C1(N)CCCCC1. The molecule has 0 atom stereocenters. The van der Waals surface area contributed by atoms with Crippen molar-refractivity contribution in [2.24, 2.45) is 5.73 Å². The van der Waals surface area contributed by atoms with Crippen LogP contribution in [0.4, 0.5) is 0 Å². The van der Waals surface area contributed by atoms with Crippen molar-refractivity contribution < 1.29 is 4.74 Å². The number of halogens is 1. The van der Waals surface area contributed by atoms with Gasteiger partial charge in [-0.3, -0.25) is 0 Å². The minimum atomic E-state index is -0.289. The molecule has 0 saturated heterocycles. The van der Waals surface area contributed by atoms with Crippen molar-refractivity contribution in [1.29, 1.82) is 0 Å². The van der Waals surface area contributed by atoms with E-state index in [4.69, 9.17) is 22.1 Å². The fraction of sp³-hybridized carbons (Fsp3) is 0.647. The minimum Gasteiger partial charge on any atom is -0.496 e. The molecule has 0 radical (unpaired) electrons. The predicted octanol–water partition coefficient (Wildman–Crippen LogP) is 4.90. The van der Waals surface area contributed by atoms with Gasteiger partial charge in [-0.25, -0.2) is 0 Å². The summed E-state index contributed by atoms with van der Waals surface area (Å²) in [6.45, 7) is 6.39. The first-order valence-corrected chi connectivity index (χ1v) is 7.95. The molecule has 0 amide bonds. The Labute approximate surface area is 127 Å². The number of methoxy groups -OCH3 is 1. The van der Waals surface area contributed by atoms with Crippen LogP contribution in [0, 0.1) is 6.92 Å². The third-order valence-electron chi connectivity index (χ3n) is 4.57. The van der Waals surface area contributed by atoms with Gasteiger partial charge in [-0.2, -0.15) is 0 Å². The highest BCUT2D eigenvalue weighted by Gasteiger charge is 2.35. The lowest BCUT2D eigenvalue weighted by molar-refractivity contribution is 0.286. The van der Waals surface area contributed by atoms with E-state index in [9.17, 15) is 0 Å². The molecule has 0 aliphatic heterocycles. The van der Waals surface area contributed by atoms with Gasteiger partial charge in [0.05, 0.1) is 7.11 Å². The van der Waals surface area contributed by atoms with Gasteiger partial charge in [0, 0.05) is 16.1 Å². The molecule has 2 nitrogen and oxygen atoms in total. The van der Waals surface area contributed by atoms with Crippen LogP contribution in [0.2, 0.25) is 5.02 Å². The van der Waals surface area contributed by atoms with Gasteiger partial charge in [-0.15, -0.1) is 0 Å². The van der Waals surface area contributed by atoms with E-state index in [2.05, 4.69) is 20.8 Å². The summed E-state index contributed by atoms with van der Waals surface area (Å²) in [7, 11) is 1.74. The van der Waals surface area contributed by atoms with Crippen molar-refractivity contribution >= 4 is 11.6 Å². The molecule has 1 aromatic rings. The van der Waals surface area contributed by atoms with Crippen LogP contribution in [0.25, 0.3) is 0 Å². The summed E-state index contributed by atoms with van der Waals surface area (Å²) in [6.07, 6.45) is 5.67. The molecule has 0 aromatic heterocycles. The third kappa shape index (κ3) is 2.68. The van der Waals surface area contributed by atoms with Crippen LogP contribution in [0.15, 0.2) is 6.07 Å². The van der Waals surface area contributed by atoms with Crippen LogP contribution >= 0.6 is 11.6 Å². The van der Waals surface area contributed by atoms with E-state index in [-0.39, 0.29) is 5.54 Å². The maximum Gasteiger partial charge on any atom is 0.127 e. The lowest BCUT2D eigenvalue weighted by atomic mass is 9.74. The Morgan fingerprint density at radius 2 is 1.85 bits per heavy atom. The summed E-state index contributed by atoms with van der Waals surface area (Å²) < 4.78 is 5.75. The third-order valence-corrected chi connectivity index (χ3v) is 4.97. The molecular formula is C17H26ClNO. The maximum absolute atomic E-state index is 6.76. The first-order valence-electron chi connectivity index (χ1n) is 7.57. The predicted molar refractivity (Wildman–Crippen MR) is 85.8 cm³/mol. The van der Waals surface area contributed by atoms with Crippen molar-refractivity contribution in [3.05, 3.63) is 27.8 Å². The molecule has 1 aliphatic rings. The molecular weight excluding hydrogens is 270 g/mol. The number of ether oxygens (including phenoxy) is 1. The maximum atomic E-state index is 6.76. The standard InChI is InChI=1S/C17H26ClNO/c1-11(2)13-10-14(18)12(3)15(16(13)20-4)17(19)8-6-5-7-9-17/h10-11H,5-9,19H2,1-4H3. The lowest BCUT2D eigenvalue weighted by Crippen LogP contribution is -2.40. The molecule has 1 fully saturated rings. The molecule has 112 valence electrons. The smallest absolute Gasteiger partial charge is 0.127 e. The van der Waals surface area contributed by atoms with E-state index in [0.29, 0.717) is 5.92 Å². The van der Waals surface area contributed by atoms with Crippen LogP contribution in [0.1, 0.15) is 68.6 Å². The van der Waals surface area contributed by atoms with E-state index in [0.717, 1.165) is 40.3 Å². The number of hydrogen-bond donors (Lipinski definition) is 1. The highest BCUT2D eigenvalue weighted by molar-refractivity contribution is 6.31. The normalized spacial score (nSPS) is 18.4. The summed E-state index contributed by atoms with van der Waals surface area (Å²) in [5.41, 5.74) is 9.84. The van der Waals surface area contributed by atoms with Crippen LogP contribution in [-0.2, 0) is 5.54 Å². The topological polar surface area (TPSA) is 35.2 Å². The van der Waals surface area contributed by atoms with E-state index in [1.165, 1.54) is 19.3 Å². The molecule has 1 saturated carbocycles. The Balaban J connectivity index is 2.66. The Kier molecular flexibility index (Phi) is 4.66. The van der Waals surface area contributed by atoms with E-state index >= 15 is 0 Å². The van der Waals surface area contributed by atoms with Gasteiger partial charge < -0.3 is 10.5 Å². The molecule has 1 aliphatic carbocycles. The lowest BCUT2D eigenvalue weighted by Gasteiger charge is -2.37. The molecule has 3 heteroatoms. The second kappa shape index (κ2) is 5.95. The quantitative estimate of drug-likeness (QED) is 0.861. The summed E-state index contributed by atoms with van der Waals surface area (Å²) in [5, 5.41) is 0.805. The van der Waals surface area contributed by atoms with Crippen LogP contribution < -0.4 is 10.5 Å². The van der Waals surface area contributed by atoms with E-state index < -0.39 is 0 Å². The zero-order chi connectivity index (χ0) is 14.9. The Morgan fingerprint density at radius 1 is 1.25 bits per heavy atom. The van der Waals surface area contributed by atoms with Crippen molar-refractivity contribution in [2.75, 3.05) is 7.11 Å². The van der Waals surface area contributed by atoms with Gasteiger partial charge in [-0.1, -0.05) is 44.7 Å². The highest BCUT2D eigenvalue weighted by Crippen LogP contribution is 2.46. The van der Waals surface area contributed by atoms with E-state index in [1.807, 2.05) is 6.07 Å². The van der Waals surface area contributed by atoms with E-state index in [1.54, 1.807) is 7.11 Å². The number of hydrogen-bond acceptors (Lipinski definition) is 2. The Bertz CT molecular complexity index is 490. The zero-order valence-electron chi connectivity index (χ0n) is 13.1. The molecule has 2 N–H and O–H groups in total. The van der Waals surface area contributed by atoms with Crippen molar-refractivity contribution in [2.45, 2.75) is 64.3 Å². The number of rotatable bonds is 3. The molecule has 0 unspecified atom stereocenters. The number of nitrogens with two attached hydrogens (primary N) is 1. The highest BCUT2D eigenvalue weighted by atomic mass is 35.5. The van der Waals surface area contributed by atoms with Crippen molar-refractivity contribution in [3.63, 3.8) is 0 Å². The van der Waals surface area contributed by atoms with Crippen LogP contribution in [0.5, 0.6) is 5.75 Å². The monoisotopic (exact) mass is 295 g/mol. The van der Waals surface area contributed by atoms with Gasteiger partial charge >= 0.3 is 0 Å². The fourth-order valence-electron chi connectivity index (χ4n) is 3.43. The second-order valence-electron chi connectivity index (χ2n) is 6.35. The summed E-state index contributed by atoms with van der Waals surface area (Å²) in [5.74, 6) is 1.32. The first-order chi connectivity index (χ1) is 9.40. The fourth-order valence-corrected chi connectivity index (χ4v) is 3.64. The van der Waals surface area contributed by atoms with Gasteiger partial charge in [0.15, 0.2) is 0 Å². The molecule has 0 spiro atoms. The second-order valence-corrected chi connectivity index (χ2v) is 6.76. The van der Waals surface area contributed by atoms with Crippen LogP contribution in [-0.4, -0.2) is 7.11 Å².